The van der Waals surface area contributed by atoms with Gasteiger partial charge in [-0.05, 0) is 19.9 Å². The minimum atomic E-state index is -1.08. The third-order valence-corrected chi connectivity index (χ3v) is 1.99. The molecule has 0 radical (unpaired) electrons. The number of hydrogen-bond acceptors (Lipinski definition) is 4. The van der Waals surface area contributed by atoms with Gasteiger partial charge in [0.1, 0.15) is 12.1 Å². The molecule has 80 valence electrons. The van der Waals surface area contributed by atoms with Gasteiger partial charge in [0.15, 0.2) is 0 Å². The number of amides is 1. The first-order chi connectivity index (χ1) is 6.59. The quantitative estimate of drug-likeness (QED) is 0.576. The van der Waals surface area contributed by atoms with Gasteiger partial charge in [-0.3, -0.25) is 4.79 Å². The van der Waals surface area contributed by atoms with Gasteiger partial charge in [0.25, 0.3) is 0 Å². The Bertz CT molecular complexity index is 225. The van der Waals surface area contributed by atoms with Crippen molar-refractivity contribution in [3.8, 4) is 0 Å². The second-order valence-electron chi connectivity index (χ2n) is 3.22. The number of nitrogens with one attached hydrogen (secondary N) is 2. The van der Waals surface area contributed by atoms with Gasteiger partial charge in [-0.25, -0.2) is 4.79 Å². The minimum absolute atomic E-state index is 0.143. The second kappa shape index (κ2) is 4.80. The Kier molecular flexibility index (Phi) is 3.70. The van der Waals surface area contributed by atoms with Crippen LogP contribution in [0.4, 0.5) is 4.79 Å². The summed E-state index contributed by atoms with van der Waals surface area (Å²) in [6.07, 6.45) is -0.0425. The van der Waals surface area contributed by atoms with Gasteiger partial charge in [-0.2, -0.15) is 0 Å². The molecule has 0 spiro atoms. The highest BCUT2D eigenvalue weighted by Gasteiger charge is 2.21. The second-order valence-corrected chi connectivity index (χ2v) is 3.22. The molecule has 0 aromatic carbocycles. The van der Waals surface area contributed by atoms with Crippen molar-refractivity contribution in [2.75, 3.05) is 13.1 Å². The van der Waals surface area contributed by atoms with E-state index < -0.39 is 18.1 Å². The van der Waals surface area contributed by atoms with Gasteiger partial charge in [-0.15, -0.1) is 0 Å². The third kappa shape index (κ3) is 3.21. The van der Waals surface area contributed by atoms with Crippen molar-refractivity contribution in [2.24, 2.45) is 0 Å². The van der Waals surface area contributed by atoms with Crippen LogP contribution < -0.4 is 10.6 Å². The molecular weight excluding hydrogens is 188 g/mol. The van der Waals surface area contributed by atoms with Crippen LogP contribution in [0, 0.1) is 0 Å². The lowest BCUT2D eigenvalue weighted by molar-refractivity contribution is -0.138. The standard InChI is InChI=1S/C8H14N2O4/c1-5(7(11)12)10-8(13)14-6-2-3-9-4-6/h5-6,9H,2-4H2,1H3,(H,10,13)(H,11,12)/t5-,6-/m1/s1. The predicted octanol–water partition coefficient (Wildman–Crippen LogP) is -0.452. The normalized spacial score (nSPS) is 22.8. The lowest BCUT2D eigenvalue weighted by Crippen LogP contribution is -2.40. The van der Waals surface area contributed by atoms with Crippen molar-refractivity contribution in [3.63, 3.8) is 0 Å². The van der Waals surface area contributed by atoms with Gasteiger partial charge < -0.3 is 20.5 Å². The van der Waals surface area contributed by atoms with Crippen LogP contribution in [0.3, 0.4) is 0 Å². The first kappa shape index (κ1) is 10.8. The molecule has 14 heavy (non-hydrogen) atoms. The molecule has 0 aliphatic carbocycles. The zero-order chi connectivity index (χ0) is 10.6. The first-order valence-electron chi connectivity index (χ1n) is 4.50. The van der Waals surface area contributed by atoms with E-state index >= 15 is 0 Å². The summed E-state index contributed by atoms with van der Waals surface area (Å²) in [5.74, 6) is -1.08. The maximum Gasteiger partial charge on any atom is 0.408 e. The zero-order valence-electron chi connectivity index (χ0n) is 7.95. The summed E-state index contributed by atoms with van der Waals surface area (Å²) in [5, 5.41) is 13.8. The van der Waals surface area contributed by atoms with Crippen LogP contribution >= 0.6 is 0 Å². The average Bonchev–Trinajstić information content (AvgIpc) is 2.56. The molecular formula is C8H14N2O4. The number of alkyl carbamates (subject to hydrolysis) is 1. The van der Waals surface area contributed by atoms with Crippen molar-refractivity contribution < 1.29 is 19.4 Å². The SMILES string of the molecule is C[C@@H](NC(=O)O[C@@H]1CCNC1)C(=O)O. The molecule has 0 bridgehead atoms. The van der Waals surface area contributed by atoms with E-state index in [-0.39, 0.29) is 6.10 Å². The van der Waals surface area contributed by atoms with E-state index in [0.29, 0.717) is 6.54 Å². The van der Waals surface area contributed by atoms with Crippen molar-refractivity contribution >= 4 is 12.1 Å². The topological polar surface area (TPSA) is 87.7 Å². The maximum atomic E-state index is 11.1. The number of carbonyl (C=O) groups excluding carboxylic acids is 1. The fraction of sp³-hybridized carbons (Fsp3) is 0.750. The monoisotopic (exact) mass is 202 g/mol. The van der Waals surface area contributed by atoms with Gasteiger partial charge in [-0.1, -0.05) is 0 Å². The minimum Gasteiger partial charge on any atom is -0.480 e. The Balaban J connectivity index is 2.24. The van der Waals surface area contributed by atoms with Gasteiger partial charge in [0.2, 0.25) is 0 Å². The number of rotatable bonds is 3. The fourth-order valence-electron chi connectivity index (χ4n) is 1.15. The van der Waals surface area contributed by atoms with Crippen LogP contribution in [0.25, 0.3) is 0 Å². The molecule has 3 N–H and O–H groups in total. The number of carboxylic acids is 1. The molecule has 1 saturated heterocycles. The summed E-state index contributed by atoms with van der Waals surface area (Å²) in [7, 11) is 0. The highest BCUT2D eigenvalue weighted by Crippen LogP contribution is 2.03. The summed E-state index contributed by atoms with van der Waals surface area (Å²) in [4.78, 5) is 21.5. The summed E-state index contributed by atoms with van der Waals surface area (Å²) < 4.78 is 4.96. The first-order valence-corrected chi connectivity index (χ1v) is 4.50. The van der Waals surface area contributed by atoms with E-state index in [1.165, 1.54) is 6.92 Å². The van der Waals surface area contributed by atoms with Crippen LogP contribution in [-0.4, -0.2) is 42.4 Å². The molecule has 1 heterocycles. The summed E-state index contributed by atoms with van der Waals surface area (Å²) in [6, 6.07) is -0.920. The number of hydrogen-bond donors (Lipinski definition) is 3. The molecule has 1 aliphatic heterocycles. The molecule has 6 heteroatoms. The van der Waals surface area contributed by atoms with Crippen LogP contribution in [0.1, 0.15) is 13.3 Å². The summed E-state index contributed by atoms with van der Waals surface area (Å²) >= 11 is 0. The van der Waals surface area contributed by atoms with Crippen LogP contribution in [0.15, 0.2) is 0 Å². The Hall–Kier alpha value is -1.30. The lowest BCUT2D eigenvalue weighted by atomic mass is 10.3. The highest BCUT2D eigenvalue weighted by atomic mass is 16.6. The maximum absolute atomic E-state index is 11.1. The lowest BCUT2D eigenvalue weighted by Gasteiger charge is -2.13. The van der Waals surface area contributed by atoms with Crippen LogP contribution in [0.5, 0.6) is 0 Å². The van der Waals surface area contributed by atoms with E-state index in [1.807, 2.05) is 0 Å². The predicted molar refractivity (Wildman–Crippen MR) is 48.0 cm³/mol. The summed E-state index contributed by atoms with van der Waals surface area (Å²) in [6.45, 7) is 2.85. The van der Waals surface area contributed by atoms with Gasteiger partial charge >= 0.3 is 12.1 Å². The molecule has 0 aromatic rings. The van der Waals surface area contributed by atoms with E-state index in [1.54, 1.807) is 0 Å². The number of carboxylic acid groups (broad SMARTS) is 1. The highest BCUT2D eigenvalue weighted by molar-refractivity contribution is 5.79. The van der Waals surface area contributed by atoms with Gasteiger partial charge in [0.05, 0.1) is 0 Å². The van der Waals surface area contributed by atoms with Crippen LogP contribution in [-0.2, 0) is 9.53 Å². The van der Waals surface area contributed by atoms with E-state index in [9.17, 15) is 9.59 Å². The largest absolute Gasteiger partial charge is 0.480 e. The molecule has 2 atom stereocenters. The Morgan fingerprint density at radius 1 is 1.64 bits per heavy atom. The summed E-state index contributed by atoms with van der Waals surface area (Å²) in [5.41, 5.74) is 0. The zero-order valence-corrected chi connectivity index (χ0v) is 7.95. The third-order valence-electron chi connectivity index (χ3n) is 1.99. The number of carbonyl (C=O) groups is 2. The Morgan fingerprint density at radius 2 is 2.36 bits per heavy atom. The van der Waals surface area contributed by atoms with Crippen molar-refractivity contribution in [2.45, 2.75) is 25.5 Å². The smallest absolute Gasteiger partial charge is 0.408 e. The average molecular weight is 202 g/mol. The van der Waals surface area contributed by atoms with Crippen molar-refractivity contribution in [1.82, 2.24) is 10.6 Å². The molecule has 0 aromatic heterocycles. The molecule has 1 fully saturated rings. The molecule has 1 amide bonds. The Labute approximate surface area is 81.6 Å². The van der Waals surface area contributed by atoms with Crippen molar-refractivity contribution in [1.29, 1.82) is 0 Å². The molecule has 6 nitrogen and oxygen atoms in total. The van der Waals surface area contributed by atoms with E-state index in [4.69, 9.17) is 9.84 Å². The van der Waals surface area contributed by atoms with Gasteiger partial charge in [0, 0.05) is 6.54 Å². The van der Waals surface area contributed by atoms with E-state index in [2.05, 4.69) is 10.6 Å². The molecule has 0 saturated carbocycles. The fourth-order valence-corrected chi connectivity index (χ4v) is 1.15. The molecule has 0 unspecified atom stereocenters. The number of ether oxygens (including phenoxy) is 1. The van der Waals surface area contributed by atoms with Crippen molar-refractivity contribution in [3.05, 3.63) is 0 Å². The van der Waals surface area contributed by atoms with E-state index in [0.717, 1.165) is 13.0 Å². The van der Waals surface area contributed by atoms with Crippen LogP contribution in [0.2, 0.25) is 0 Å². The Morgan fingerprint density at radius 3 is 2.86 bits per heavy atom. The number of aliphatic carboxylic acids is 1. The molecule has 1 rings (SSSR count). The molecule has 1 aliphatic rings.